The van der Waals surface area contributed by atoms with Crippen LogP contribution >= 0.6 is 0 Å². The molecule has 1 unspecified atom stereocenters. The van der Waals surface area contributed by atoms with E-state index in [1.165, 1.54) is 0 Å². The minimum Gasteiger partial charge on any atom is -0.481 e. The molecule has 1 saturated carbocycles. The molecule has 0 radical (unpaired) electrons. The van der Waals surface area contributed by atoms with Gasteiger partial charge in [0, 0.05) is 12.3 Å². The second kappa shape index (κ2) is 4.03. The Balaban J connectivity index is 2.60. The van der Waals surface area contributed by atoms with Crippen molar-refractivity contribution < 1.29 is 18.7 Å². The first-order valence-corrected chi connectivity index (χ1v) is 4.62. The molecular weight excluding hydrogens is 178 g/mol. The summed E-state index contributed by atoms with van der Waals surface area (Å²) in [5.74, 6) is -4.84. The third kappa shape index (κ3) is 2.94. The monoisotopic (exact) mass is 192 g/mol. The highest BCUT2D eigenvalue weighted by atomic mass is 19.3. The molecule has 0 spiro atoms. The van der Waals surface area contributed by atoms with Crippen molar-refractivity contribution in [3.8, 4) is 0 Å². The van der Waals surface area contributed by atoms with Crippen LogP contribution in [-0.4, -0.2) is 17.0 Å². The summed E-state index contributed by atoms with van der Waals surface area (Å²) >= 11 is 0. The largest absolute Gasteiger partial charge is 0.481 e. The van der Waals surface area contributed by atoms with E-state index < -0.39 is 24.2 Å². The number of hydrogen-bond acceptors (Lipinski definition) is 1. The molecule has 0 aliphatic heterocycles. The van der Waals surface area contributed by atoms with Crippen LogP contribution in [0.25, 0.3) is 0 Å². The van der Waals surface area contributed by atoms with Gasteiger partial charge in [-0.05, 0) is 12.8 Å². The van der Waals surface area contributed by atoms with Gasteiger partial charge in [0.25, 0.3) is 5.92 Å². The lowest BCUT2D eigenvalue weighted by Gasteiger charge is -2.22. The van der Waals surface area contributed by atoms with E-state index >= 15 is 0 Å². The number of rotatable bonds is 2. The highest BCUT2D eigenvalue weighted by Crippen LogP contribution is 2.38. The Kier molecular flexibility index (Phi) is 3.22. The summed E-state index contributed by atoms with van der Waals surface area (Å²) in [5.41, 5.74) is 0. The minimum absolute atomic E-state index is 0.148. The topological polar surface area (TPSA) is 37.3 Å². The van der Waals surface area contributed by atoms with E-state index in [2.05, 4.69) is 0 Å². The second-order valence-corrected chi connectivity index (χ2v) is 3.66. The molecule has 1 aliphatic rings. The molecule has 1 rings (SSSR count). The molecule has 0 aromatic carbocycles. The Bertz CT molecular complexity index is 192. The van der Waals surface area contributed by atoms with Gasteiger partial charge in [0.05, 0.1) is 6.42 Å². The van der Waals surface area contributed by atoms with Gasteiger partial charge in [-0.1, -0.05) is 12.8 Å². The molecule has 4 heteroatoms. The summed E-state index contributed by atoms with van der Waals surface area (Å²) in [7, 11) is 0. The number of carbonyl (C=O) groups is 1. The van der Waals surface area contributed by atoms with Crippen molar-refractivity contribution in [2.75, 3.05) is 0 Å². The van der Waals surface area contributed by atoms with Crippen LogP contribution in [0.1, 0.15) is 38.5 Å². The molecule has 1 N–H and O–H groups in total. The molecule has 1 aliphatic carbocycles. The van der Waals surface area contributed by atoms with Gasteiger partial charge in [0.15, 0.2) is 0 Å². The first-order valence-electron chi connectivity index (χ1n) is 4.62. The summed E-state index contributed by atoms with van der Waals surface area (Å²) in [6, 6.07) is 0. The zero-order valence-corrected chi connectivity index (χ0v) is 7.43. The number of halogens is 2. The lowest BCUT2D eigenvalue weighted by atomic mass is 9.93. The SMILES string of the molecule is O=C(O)CC1CCCCCC1(F)F. The van der Waals surface area contributed by atoms with Gasteiger partial charge < -0.3 is 5.11 Å². The van der Waals surface area contributed by atoms with Crippen molar-refractivity contribution >= 4 is 5.97 Å². The molecule has 13 heavy (non-hydrogen) atoms. The van der Waals surface area contributed by atoms with Gasteiger partial charge in [0.1, 0.15) is 0 Å². The molecule has 2 nitrogen and oxygen atoms in total. The maximum Gasteiger partial charge on any atom is 0.303 e. The van der Waals surface area contributed by atoms with Crippen LogP contribution in [0.5, 0.6) is 0 Å². The van der Waals surface area contributed by atoms with Crippen molar-refractivity contribution in [1.82, 2.24) is 0 Å². The van der Waals surface area contributed by atoms with Crippen LogP contribution < -0.4 is 0 Å². The summed E-state index contributed by atoms with van der Waals surface area (Å²) in [5, 5.41) is 8.46. The van der Waals surface area contributed by atoms with Crippen LogP contribution in [0, 0.1) is 5.92 Å². The van der Waals surface area contributed by atoms with Gasteiger partial charge in [-0.15, -0.1) is 0 Å². The Morgan fingerprint density at radius 1 is 1.38 bits per heavy atom. The van der Waals surface area contributed by atoms with E-state index in [0.717, 1.165) is 12.8 Å². The Morgan fingerprint density at radius 2 is 2.08 bits per heavy atom. The molecule has 0 bridgehead atoms. The normalized spacial score (nSPS) is 28.0. The molecule has 76 valence electrons. The highest BCUT2D eigenvalue weighted by Gasteiger charge is 2.40. The van der Waals surface area contributed by atoms with Gasteiger partial charge in [-0.25, -0.2) is 8.78 Å². The standard InChI is InChI=1S/C9H14F2O2/c10-9(11)5-3-1-2-4-7(9)6-8(12)13/h7H,1-6H2,(H,12,13). The maximum atomic E-state index is 13.2. The second-order valence-electron chi connectivity index (χ2n) is 3.66. The maximum absolute atomic E-state index is 13.2. The number of hydrogen-bond donors (Lipinski definition) is 1. The Labute approximate surface area is 75.9 Å². The zero-order chi connectivity index (χ0) is 9.90. The first kappa shape index (κ1) is 10.4. The first-order chi connectivity index (χ1) is 6.02. The van der Waals surface area contributed by atoms with E-state index in [9.17, 15) is 13.6 Å². The van der Waals surface area contributed by atoms with Crippen LogP contribution in [0.3, 0.4) is 0 Å². The highest BCUT2D eigenvalue weighted by molar-refractivity contribution is 5.67. The predicted molar refractivity (Wildman–Crippen MR) is 43.8 cm³/mol. The third-order valence-electron chi connectivity index (χ3n) is 2.58. The molecule has 1 fully saturated rings. The van der Waals surface area contributed by atoms with E-state index in [1.807, 2.05) is 0 Å². The number of carboxylic acid groups (broad SMARTS) is 1. The fraction of sp³-hybridized carbons (Fsp3) is 0.889. The van der Waals surface area contributed by atoms with Crippen molar-refractivity contribution in [3.05, 3.63) is 0 Å². The number of alkyl halides is 2. The molecule has 0 amide bonds. The average molecular weight is 192 g/mol. The summed E-state index contributed by atoms with van der Waals surface area (Å²) in [4.78, 5) is 10.3. The Hall–Kier alpha value is -0.670. The number of carboxylic acids is 1. The molecular formula is C9H14F2O2. The van der Waals surface area contributed by atoms with Gasteiger partial charge in [-0.3, -0.25) is 4.79 Å². The van der Waals surface area contributed by atoms with Crippen molar-refractivity contribution in [3.63, 3.8) is 0 Å². The summed E-state index contributed by atoms with van der Waals surface area (Å²) < 4.78 is 26.5. The van der Waals surface area contributed by atoms with Crippen LogP contribution in [0.15, 0.2) is 0 Å². The molecule has 1 atom stereocenters. The fourth-order valence-electron chi connectivity index (χ4n) is 1.81. The van der Waals surface area contributed by atoms with E-state index in [1.54, 1.807) is 0 Å². The molecule has 0 aromatic heterocycles. The van der Waals surface area contributed by atoms with E-state index in [4.69, 9.17) is 5.11 Å². The Morgan fingerprint density at radius 3 is 2.69 bits per heavy atom. The number of aliphatic carboxylic acids is 1. The molecule has 0 saturated heterocycles. The van der Waals surface area contributed by atoms with Crippen LogP contribution in [0.4, 0.5) is 8.78 Å². The summed E-state index contributed by atoms with van der Waals surface area (Å²) in [6.07, 6.45) is 1.85. The zero-order valence-electron chi connectivity index (χ0n) is 7.43. The predicted octanol–water partition coefficient (Wildman–Crippen LogP) is 2.68. The lowest BCUT2D eigenvalue weighted by Crippen LogP contribution is -2.28. The van der Waals surface area contributed by atoms with Gasteiger partial charge in [-0.2, -0.15) is 0 Å². The smallest absolute Gasteiger partial charge is 0.303 e. The van der Waals surface area contributed by atoms with Crippen LogP contribution in [0.2, 0.25) is 0 Å². The molecule has 0 heterocycles. The van der Waals surface area contributed by atoms with Crippen molar-refractivity contribution in [1.29, 1.82) is 0 Å². The fourth-order valence-corrected chi connectivity index (χ4v) is 1.81. The van der Waals surface area contributed by atoms with Gasteiger partial charge >= 0.3 is 5.97 Å². The van der Waals surface area contributed by atoms with Gasteiger partial charge in [0.2, 0.25) is 0 Å². The summed E-state index contributed by atoms with van der Waals surface area (Å²) in [6.45, 7) is 0. The minimum atomic E-state index is -2.77. The molecule has 0 aromatic rings. The van der Waals surface area contributed by atoms with Crippen molar-refractivity contribution in [2.45, 2.75) is 44.4 Å². The lowest BCUT2D eigenvalue weighted by molar-refractivity contribution is -0.143. The quantitative estimate of drug-likeness (QED) is 0.683. The van der Waals surface area contributed by atoms with Crippen molar-refractivity contribution in [2.24, 2.45) is 5.92 Å². The third-order valence-corrected chi connectivity index (χ3v) is 2.58. The van der Waals surface area contributed by atoms with Crippen LogP contribution in [-0.2, 0) is 4.79 Å². The van der Waals surface area contributed by atoms with E-state index in [-0.39, 0.29) is 6.42 Å². The average Bonchev–Trinajstić information content (AvgIpc) is 2.13. The van der Waals surface area contributed by atoms with E-state index in [0.29, 0.717) is 12.8 Å².